The molecule has 1 fully saturated rings. The Morgan fingerprint density at radius 3 is 2.95 bits per heavy atom. The van der Waals surface area contributed by atoms with Gasteiger partial charge in [0.25, 0.3) is 0 Å². The largest absolute Gasteiger partial charge is 0.296 e. The van der Waals surface area contributed by atoms with Crippen LogP contribution in [-0.2, 0) is 9.59 Å². The first-order chi connectivity index (χ1) is 8.97. The third-order valence-electron chi connectivity index (χ3n) is 3.01. The molecule has 1 unspecified atom stereocenters. The molecule has 1 aromatic rings. The minimum atomic E-state index is 0.0993. The molecule has 102 valence electrons. The maximum atomic E-state index is 12.0. The first-order valence-corrected chi connectivity index (χ1v) is 8.10. The molecule has 0 radical (unpaired) electrons. The zero-order chi connectivity index (χ0) is 14.0. The molecular weight excluding hydrogens is 375 g/mol. The van der Waals surface area contributed by atoms with Crippen LogP contribution in [0.5, 0.6) is 0 Å². The number of hydrogen-bond acceptors (Lipinski definition) is 4. The third kappa shape index (κ3) is 3.68. The second-order valence-electron chi connectivity index (χ2n) is 4.61. The van der Waals surface area contributed by atoms with Crippen LogP contribution in [0.1, 0.15) is 19.0 Å². The standard InChI is InChI=1S/C13H15IN2O2S/c1-8-11(14)3-4-12(15-8)16-6-10(5-13(16)18)7-19-9(2)17/h3-4,10H,5-7H2,1-2H3. The van der Waals surface area contributed by atoms with Gasteiger partial charge in [-0.05, 0) is 47.6 Å². The van der Waals surface area contributed by atoms with Crippen LogP contribution >= 0.6 is 34.4 Å². The van der Waals surface area contributed by atoms with Crippen molar-refractivity contribution in [2.75, 3.05) is 17.2 Å². The first-order valence-electron chi connectivity index (χ1n) is 6.04. The highest BCUT2D eigenvalue weighted by Crippen LogP contribution is 2.27. The van der Waals surface area contributed by atoms with E-state index in [1.54, 1.807) is 11.8 Å². The Morgan fingerprint density at radius 1 is 1.58 bits per heavy atom. The van der Waals surface area contributed by atoms with Gasteiger partial charge in [-0.3, -0.25) is 14.5 Å². The van der Waals surface area contributed by atoms with Crippen molar-refractivity contribution in [3.8, 4) is 0 Å². The minimum Gasteiger partial charge on any atom is -0.296 e. The fourth-order valence-corrected chi connectivity index (χ4v) is 3.03. The lowest BCUT2D eigenvalue weighted by molar-refractivity contribution is -0.117. The molecule has 2 rings (SSSR count). The molecule has 1 aromatic heterocycles. The molecule has 1 aliphatic heterocycles. The number of carbonyl (C=O) groups is 2. The Kier molecular flexibility index (Phi) is 4.83. The number of anilines is 1. The highest BCUT2D eigenvalue weighted by Gasteiger charge is 2.31. The Bertz CT molecular complexity index is 521. The molecule has 19 heavy (non-hydrogen) atoms. The molecule has 0 N–H and O–H groups in total. The van der Waals surface area contributed by atoms with Crippen molar-refractivity contribution < 1.29 is 9.59 Å². The Labute approximate surface area is 130 Å². The summed E-state index contributed by atoms with van der Waals surface area (Å²) < 4.78 is 1.09. The highest BCUT2D eigenvalue weighted by atomic mass is 127. The second-order valence-corrected chi connectivity index (χ2v) is 6.97. The molecule has 6 heteroatoms. The minimum absolute atomic E-state index is 0.0993. The number of hydrogen-bond donors (Lipinski definition) is 0. The zero-order valence-corrected chi connectivity index (χ0v) is 13.8. The van der Waals surface area contributed by atoms with Gasteiger partial charge in [-0.25, -0.2) is 4.98 Å². The van der Waals surface area contributed by atoms with E-state index in [1.807, 2.05) is 19.1 Å². The summed E-state index contributed by atoms with van der Waals surface area (Å²) in [6.45, 7) is 4.16. The molecular formula is C13H15IN2O2S. The SMILES string of the molecule is CC(=O)SCC1CC(=O)N(c2ccc(I)c(C)n2)C1. The Morgan fingerprint density at radius 2 is 2.32 bits per heavy atom. The molecule has 1 amide bonds. The molecule has 0 saturated carbocycles. The summed E-state index contributed by atoms with van der Waals surface area (Å²) in [4.78, 5) is 29.2. The predicted molar refractivity (Wildman–Crippen MR) is 85.3 cm³/mol. The van der Waals surface area contributed by atoms with Crippen LogP contribution < -0.4 is 4.90 Å². The summed E-state index contributed by atoms with van der Waals surface area (Å²) in [5.41, 5.74) is 0.937. The normalized spacial score (nSPS) is 19.0. The van der Waals surface area contributed by atoms with Gasteiger partial charge in [-0.2, -0.15) is 0 Å². The quantitative estimate of drug-likeness (QED) is 0.745. The second kappa shape index (κ2) is 6.21. The summed E-state index contributed by atoms with van der Waals surface area (Å²) in [5, 5.41) is 0.106. The third-order valence-corrected chi connectivity index (χ3v) is 5.20. The monoisotopic (exact) mass is 390 g/mol. The molecule has 0 bridgehead atoms. The van der Waals surface area contributed by atoms with E-state index in [0.29, 0.717) is 18.7 Å². The van der Waals surface area contributed by atoms with Gasteiger partial charge in [0.15, 0.2) is 5.12 Å². The van der Waals surface area contributed by atoms with Gasteiger partial charge in [0.2, 0.25) is 5.91 Å². The lowest BCUT2D eigenvalue weighted by Gasteiger charge is -2.16. The number of thioether (sulfide) groups is 1. The van der Waals surface area contributed by atoms with Gasteiger partial charge in [-0.1, -0.05) is 11.8 Å². The predicted octanol–water partition coefficient (Wildman–Crippen LogP) is 2.63. The number of rotatable bonds is 3. The maximum Gasteiger partial charge on any atom is 0.228 e. The van der Waals surface area contributed by atoms with Crippen LogP contribution in [0.2, 0.25) is 0 Å². The van der Waals surface area contributed by atoms with E-state index in [4.69, 9.17) is 0 Å². The number of nitrogens with zero attached hydrogens (tertiary/aromatic N) is 2. The summed E-state index contributed by atoms with van der Waals surface area (Å²) in [6, 6.07) is 3.86. The average molecular weight is 390 g/mol. The average Bonchev–Trinajstić information content (AvgIpc) is 2.72. The number of halogens is 1. The summed E-state index contributed by atoms with van der Waals surface area (Å²) in [7, 11) is 0. The van der Waals surface area contributed by atoms with E-state index in [1.165, 1.54) is 11.8 Å². The molecule has 1 aliphatic rings. The van der Waals surface area contributed by atoms with Gasteiger partial charge in [-0.15, -0.1) is 0 Å². The Hall–Kier alpha value is -0.630. The van der Waals surface area contributed by atoms with Crippen molar-refractivity contribution in [3.63, 3.8) is 0 Å². The van der Waals surface area contributed by atoms with Gasteiger partial charge in [0.05, 0.1) is 5.69 Å². The molecule has 0 spiro atoms. The highest BCUT2D eigenvalue weighted by molar-refractivity contribution is 14.1. The topological polar surface area (TPSA) is 50.3 Å². The van der Waals surface area contributed by atoms with E-state index in [0.717, 1.165) is 15.1 Å². The molecule has 1 saturated heterocycles. The van der Waals surface area contributed by atoms with Crippen LogP contribution in [0, 0.1) is 16.4 Å². The van der Waals surface area contributed by atoms with Crippen molar-refractivity contribution in [1.29, 1.82) is 0 Å². The van der Waals surface area contributed by atoms with Gasteiger partial charge >= 0.3 is 0 Å². The summed E-state index contributed by atoms with van der Waals surface area (Å²) in [6.07, 6.45) is 0.507. The van der Waals surface area contributed by atoms with Crippen molar-refractivity contribution >= 4 is 51.2 Å². The van der Waals surface area contributed by atoms with E-state index >= 15 is 0 Å². The van der Waals surface area contributed by atoms with Crippen LogP contribution in [0.4, 0.5) is 5.82 Å². The van der Waals surface area contributed by atoms with Crippen molar-refractivity contribution in [2.45, 2.75) is 20.3 Å². The number of aryl methyl sites for hydroxylation is 1. The lowest BCUT2D eigenvalue weighted by Crippen LogP contribution is -2.26. The molecule has 1 atom stereocenters. The van der Waals surface area contributed by atoms with Crippen LogP contribution in [0.3, 0.4) is 0 Å². The molecule has 4 nitrogen and oxygen atoms in total. The van der Waals surface area contributed by atoms with Gasteiger partial charge in [0, 0.05) is 29.2 Å². The van der Waals surface area contributed by atoms with E-state index < -0.39 is 0 Å². The van der Waals surface area contributed by atoms with Crippen molar-refractivity contribution in [2.24, 2.45) is 5.92 Å². The number of amides is 1. The van der Waals surface area contributed by atoms with Crippen LogP contribution in [0.15, 0.2) is 12.1 Å². The number of pyridine rings is 1. The Balaban J connectivity index is 2.07. The zero-order valence-electron chi connectivity index (χ0n) is 10.9. The van der Waals surface area contributed by atoms with E-state index in [-0.39, 0.29) is 16.9 Å². The fourth-order valence-electron chi connectivity index (χ4n) is 2.03. The summed E-state index contributed by atoms with van der Waals surface area (Å²) in [5.74, 6) is 1.77. The fraction of sp³-hybridized carbons (Fsp3) is 0.462. The molecule has 0 aromatic carbocycles. The van der Waals surface area contributed by atoms with Crippen LogP contribution in [-0.4, -0.2) is 28.3 Å². The smallest absolute Gasteiger partial charge is 0.228 e. The van der Waals surface area contributed by atoms with E-state index in [2.05, 4.69) is 27.6 Å². The van der Waals surface area contributed by atoms with Crippen molar-refractivity contribution in [3.05, 3.63) is 21.4 Å². The van der Waals surface area contributed by atoms with Gasteiger partial charge < -0.3 is 0 Å². The van der Waals surface area contributed by atoms with Gasteiger partial charge in [0.1, 0.15) is 5.82 Å². The number of carbonyl (C=O) groups excluding carboxylic acids is 2. The summed E-state index contributed by atoms with van der Waals surface area (Å²) >= 11 is 3.52. The first kappa shape index (κ1) is 14.8. The van der Waals surface area contributed by atoms with E-state index in [9.17, 15) is 9.59 Å². The van der Waals surface area contributed by atoms with Crippen molar-refractivity contribution in [1.82, 2.24) is 4.98 Å². The van der Waals surface area contributed by atoms with Crippen LogP contribution in [0.25, 0.3) is 0 Å². The lowest BCUT2D eigenvalue weighted by atomic mass is 10.1. The number of aromatic nitrogens is 1. The molecule has 2 heterocycles. The molecule has 0 aliphatic carbocycles. The maximum absolute atomic E-state index is 12.0.